The molecule has 1 aromatic heterocycles. The number of hydrogen-bond donors (Lipinski definition) is 1. The van der Waals surface area contributed by atoms with E-state index in [1.165, 1.54) is 0 Å². The van der Waals surface area contributed by atoms with E-state index in [2.05, 4.69) is 10.3 Å². The maximum atomic E-state index is 5.97. The molecule has 0 radical (unpaired) electrons. The van der Waals surface area contributed by atoms with Gasteiger partial charge in [0.05, 0.1) is 11.3 Å². The van der Waals surface area contributed by atoms with E-state index in [1.54, 1.807) is 12.1 Å². The van der Waals surface area contributed by atoms with Crippen molar-refractivity contribution < 1.29 is 9.15 Å². The summed E-state index contributed by atoms with van der Waals surface area (Å²) in [5.41, 5.74) is 3.27. The molecule has 2 aromatic carbocycles. The van der Waals surface area contributed by atoms with Gasteiger partial charge >= 0.3 is 0 Å². The Bertz CT molecular complexity index is 798. The molecule has 0 fully saturated rings. The molecule has 0 saturated heterocycles. The molecule has 0 amide bonds. The largest absolute Gasteiger partial charge is 0.489 e. The molecule has 20 heavy (non-hydrogen) atoms. The summed E-state index contributed by atoms with van der Waals surface area (Å²) in [7, 11) is 0. The maximum absolute atomic E-state index is 5.97. The van der Waals surface area contributed by atoms with Crippen LogP contribution >= 0.6 is 11.6 Å². The van der Waals surface area contributed by atoms with Gasteiger partial charge in [0.2, 0.25) is 5.89 Å². The van der Waals surface area contributed by atoms with Crippen LogP contribution in [0.15, 0.2) is 40.8 Å². The van der Waals surface area contributed by atoms with Crippen LogP contribution in [0.5, 0.6) is 5.75 Å². The highest BCUT2D eigenvalue weighted by molar-refractivity contribution is 6.31. The van der Waals surface area contributed by atoms with Crippen LogP contribution in [0.4, 0.5) is 5.69 Å². The van der Waals surface area contributed by atoms with E-state index in [0.717, 1.165) is 29.1 Å². The fourth-order valence-electron chi connectivity index (χ4n) is 2.35. The van der Waals surface area contributed by atoms with Gasteiger partial charge in [0, 0.05) is 17.6 Å². The van der Waals surface area contributed by atoms with Crippen molar-refractivity contribution in [3.63, 3.8) is 0 Å². The zero-order valence-corrected chi connectivity index (χ0v) is 11.3. The Morgan fingerprint density at radius 3 is 3.10 bits per heavy atom. The van der Waals surface area contributed by atoms with Crippen molar-refractivity contribution in [2.75, 3.05) is 18.5 Å². The third-order valence-corrected chi connectivity index (χ3v) is 3.49. The molecule has 0 saturated carbocycles. The maximum Gasteiger partial charge on any atom is 0.231 e. The second-order valence-electron chi connectivity index (χ2n) is 4.59. The Labute approximate surface area is 120 Å². The van der Waals surface area contributed by atoms with Crippen LogP contribution < -0.4 is 10.1 Å². The standard InChI is InChI=1S/C15H11ClN2O2/c16-9-4-5-11-13(8-9)20-15(18-11)10-2-1-3-12-14(10)19-7-6-17-12/h1-5,8,17H,6-7H2. The SMILES string of the molecule is Clc1ccc2nc(-c3cccc4c3OCCN4)oc2c1. The van der Waals surface area contributed by atoms with E-state index in [9.17, 15) is 0 Å². The van der Waals surface area contributed by atoms with Crippen molar-refractivity contribution in [2.45, 2.75) is 0 Å². The zero-order valence-electron chi connectivity index (χ0n) is 10.5. The second-order valence-corrected chi connectivity index (χ2v) is 5.02. The topological polar surface area (TPSA) is 47.3 Å². The van der Waals surface area contributed by atoms with Gasteiger partial charge in [-0.3, -0.25) is 0 Å². The van der Waals surface area contributed by atoms with Gasteiger partial charge < -0.3 is 14.5 Å². The predicted molar refractivity (Wildman–Crippen MR) is 78.4 cm³/mol. The van der Waals surface area contributed by atoms with Gasteiger partial charge in [0.15, 0.2) is 11.3 Å². The molecule has 1 N–H and O–H groups in total. The zero-order chi connectivity index (χ0) is 13.5. The highest BCUT2D eigenvalue weighted by Crippen LogP contribution is 2.38. The summed E-state index contributed by atoms with van der Waals surface area (Å²) in [6.07, 6.45) is 0. The lowest BCUT2D eigenvalue weighted by Gasteiger charge is -2.20. The lowest BCUT2D eigenvalue weighted by Crippen LogP contribution is -2.18. The molecule has 0 spiro atoms. The number of aromatic nitrogens is 1. The summed E-state index contributed by atoms with van der Waals surface area (Å²) in [6.45, 7) is 1.44. The minimum absolute atomic E-state index is 0.544. The predicted octanol–water partition coefficient (Wildman–Crippen LogP) is 3.95. The number of nitrogens with one attached hydrogen (secondary N) is 1. The summed E-state index contributed by atoms with van der Waals surface area (Å²) in [6, 6.07) is 11.3. The lowest BCUT2D eigenvalue weighted by molar-refractivity contribution is 0.324. The number of rotatable bonds is 1. The van der Waals surface area contributed by atoms with Crippen LogP contribution in [0.1, 0.15) is 0 Å². The number of ether oxygens (including phenoxy) is 1. The van der Waals surface area contributed by atoms with Crippen LogP contribution in [0.3, 0.4) is 0 Å². The number of benzene rings is 2. The van der Waals surface area contributed by atoms with Gasteiger partial charge in [-0.2, -0.15) is 0 Å². The van der Waals surface area contributed by atoms with Gasteiger partial charge in [-0.1, -0.05) is 17.7 Å². The molecule has 0 unspecified atom stereocenters. The van der Waals surface area contributed by atoms with E-state index in [-0.39, 0.29) is 0 Å². The Balaban J connectivity index is 1.90. The van der Waals surface area contributed by atoms with Gasteiger partial charge in [0.25, 0.3) is 0 Å². The monoisotopic (exact) mass is 286 g/mol. The third kappa shape index (κ3) is 1.80. The number of hydrogen-bond acceptors (Lipinski definition) is 4. The summed E-state index contributed by atoms with van der Waals surface area (Å²) < 4.78 is 11.5. The number of para-hydroxylation sites is 1. The van der Waals surface area contributed by atoms with E-state index in [0.29, 0.717) is 23.1 Å². The first-order valence-electron chi connectivity index (χ1n) is 6.37. The lowest BCUT2D eigenvalue weighted by atomic mass is 10.1. The molecule has 0 aliphatic carbocycles. The summed E-state index contributed by atoms with van der Waals surface area (Å²) in [4.78, 5) is 4.50. The molecule has 1 aliphatic heterocycles. The van der Waals surface area contributed by atoms with Gasteiger partial charge in [-0.25, -0.2) is 4.98 Å². The van der Waals surface area contributed by atoms with Crippen molar-refractivity contribution in [3.05, 3.63) is 41.4 Å². The summed E-state index contributed by atoms with van der Waals surface area (Å²) >= 11 is 5.97. The molecule has 100 valence electrons. The molecule has 4 rings (SSSR count). The molecular formula is C15H11ClN2O2. The van der Waals surface area contributed by atoms with Crippen LogP contribution in [-0.2, 0) is 0 Å². The average Bonchev–Trinajstić information content (AvgIpc) is 2.89. The molecular weight excluding hydrogens is 276 g/mol. The fraction of sp³-hybridized carbons (Fsp3) is 0.133. The summed E-state index contributed by atoms with van der Waals surface area (Å²) in [5.74, 6) is 1.33. The van der Waals surface area contributed by atoms with Crippen LogP contribution in [0, 0.1) is 0 Å². The molecule has 5 heteroatoms. The normalized spacial score (nSPS) is 13.7. The first-order chi connectivity index (χ1) is 9.81. The van der Waals surface area contributed by atoms with E-state index >= 15 is 0 Å². The Morgan fingerprint density at radius 1 is 1.20 bits per heavy atom. The van der Waals surface area contributed by atoms with Crippen molar-refractivity contribution >= 4 is 28.4 Å². The van der Waals surface area contributed by atoms with Gasteiger partial charge in [-0.05, 0) is 24.3 Å². The molecule has 2 heterocycles. The van der Waals surface area contributed by atoms with Crippen LogP contribution in [-0.4, -0.2) is 18.1 Å². The Hall–Kier alpha value is -2.20. The van der Waals surface area contributed by atoms with Crippen molar-refractivity contribution in [3.8, 4) is 17.2 Å². The quantitative estimate of drug-likeness (QED) is 0.736. The molecule has 0 atom stereocenters. The van der Waals surface area contributed by atoms with Crippen molar-refractivity contribution in [1.82, 2.24) is 4.98 Å². The Morgan fingerprint density at radius 2 is 2.15 bits per heavy atom. The highest BCUT2D eigenvalue weighted by Gasteiger charge is 2.19. The molecule has 4 nitrogen and oxygen atoms in total. The first-order valence-corrected chi connectivity index (χ1v) is 6.75. The molecule has 1 aliphatic rings. The highest BCUT2D eigenvalue weighted by atomic mass is 35.5. The number of oxazole rings is 1. The number of anilines is 1. The van der Waals surface area contributed by atoms with Crippen LogP contribution in [0.2, 0.25) is 5.02 Å². The van der Waals surface area contributed by atoms with Crippen LogP contribution in [0.25, 0.3) is 22.6 Å². The minimum Gasteiger partial charge on any atom is -0.489 e. The smallest absolute Gasteiger partial charge is 0.231 e. The number of fused-ring (bicyclic) bond motifs is 2. The number of halogens is 1. The van der Waals surface area contributed by atoms with E-state index in [1.807, 2.05) is 24.3 Å². The third-order valence-electron chi connectivity index (χ3n) is 3.26. The second kappa shape index (κ2) is 4.42. The summed E-state index contributed by atoms with van der Waals surface area (Å²) in [5, 5.41) is 3.93. The van der Waals surface area contributed by atoms with Gasteiger partial charge in [-0.15, -0.1) is 0 Å². The van der Waals surface area contributed by atoms with Crippen molar-refractivity contribution in [2.24, 2.45) is 0 Å². The minimum atomic E-state index is 0.544. The molecule has 3 aromatic rings. The first kappa shape index (κ1) is 11.6. The van der Waals surface area contributed by atoms with E-state index < -0.39 is 0 Å². The van der Waals surface area contributed by atoms with Crippen molar-refractivity contribution in [1.29, 1.82) is 0 Å². The number of nitrogens with zero attached hydrogens (tertiary/aromatic N) is 1. The molecule has 0 bridgehead atoms. The van der Waals surface area contributed by atoms with E-state index in [4.69, 9.17) is 20.8 Å². The fourth-order valence-corrected chi connectivity index (χ4v) is 2.51. The Kier molecular flexibility index (Phi) is 2.57. The average molecular weight is 287 g/mol. The van der Waals surface area contributed by atoms with Gasteiger partial charge in [0.1, 0.15) is 12.1 Å².